The van der Waals surface area contributed by atoms with E-state index in [1.54, 1.807) is 12.1 Å². The van der Waals surface area contributed by atoms with Crippen molar-refractivity contribution < 1.29 is 18.1 Å². The number of hydrogen-bond donors (Lipinski definition) is 4. The molecular formula is C8H12N2O4S. The van der Waals surface area contributed by atoms with Gasteiger partial charge in [-0.3, -0.25) is 9.27 Å². The van der Waals surface area contributed by atoms with Gasteiger partial charge in [0.2, 0.25) is 0 Å². The van der Waals surface area contributed by atoms with Crippen LogP contribution in [0.4, 0.5) is 5.69 Å². The number of rotatable bonds is 4. The van der Waals surface area contributed by atoms with E-state index < -0.39 is 16.5 Å². The van der Waals surface area contributed by atoms with Gasteiger partial charge in [-0.15, -0.1) is 0 Å². The van der Waals surface area contributed by atoms with Gasteiger partial charge in [0, 0.05) is 6.42 Å². The molecule has 5 N–H and O–H groups in total. The molecule has 0 saturated carbocycles. The van der Waals surface area contributed by atoms with Gasteiger partial charge < -0.3 is 10.8 Å². The van der Waals surface area contributed by atoms with Gasteiger partial charge in [0.25, 0.3) is 0 Å². The Labute approximate surface area is 87.6 Å². The van der Waals surface area contributed by atoms with Gasteiger partial charge in [0.1, 0.15) is 6.23 Å². The number of nitrogens with two attached hydrogens (primary N) is 1. The number of aliphatic hydroxyl groups is 1. The molecule has 0 aliphatic carbocycles. The zero-order valence-corrected chi connectivity index (χ0v) is 8.61. The average Bonchev–Trinajstić information content (AvgIpc) is 2.05. The Balaban J connectivity index is 2.73. The normalized spacial score (nSPS) is 13.5. The Hall–Kier alpha value is -1.15. The van der Waals surface area contributed by atoms with Crippen molar-refractivity contribution in [2.45, 2.75) is 12.6 Å². The molecule has 84 valence electrons. The maximum atomic E-state index is 10.4. The number of aliphatic hydroxyl groups excluding tert-OH is 1. The van der Waals surface area contributed by atoms with Crippen molar-refractivity contribution in [1.29, 1.82) is 0 Å². The Kier molecular flexibility index (Phi) is 3.64. The average molecular weight is 232 g/mol. The summed E-state index contributed by atoms with van der Waals surface area (Å²) in [5.41, 5.74) is 6.18. The first-order valence-electron chi connectivity index (χ1n) is 4.14. The number of benzene rings is 1. The van der Waals surface area contributed by atoms with Crippen molar-refractivity contribution >= 4 is 16.0 Å². The minimum atomic E-state index is -4.24. The summed E-state index contributed by atoms with van der Waals surface area (Å²) >= 11 is 0. The summed E-state index contributed by atoms with van der Waals surface area (Å²) in [7, 11) is -4.24. The summed E-state index contributed by atoms with van der Waals surface area (Å²) in [5, 5.41) is 8.89. The van der Waals surface area contributed by atoms with E-state index in [9.17, 15) is 8.42 Å². The highest BCUT2D eigenvalue weighted by Crippen LogP contribution is 2.11. The minimum Gasteiger partial charge on any atom is -0.378 e. The van der Waals surface area contributed by atoms with E-state index in [1.807, 2.05) is 4.72 Å². The lowest BCUT2D eigenvalue weighted by Crippen LogP contribution is -2.21. The summed E-state index contributed by atoms with van der Waals surface area (Å²) in [5.74, 6) is 0. The monoisotopic (exact) mass is 232 g/mol. The minimum absolute atomic E-state index is 0.243. The van der Waals surface area contributed by atoms with Gasteiger partial charge >= 0.3 is 10.3 Å². The van der Waals surface area contributed by atoms with Crippen LogP contribution in [0, 0.1) is 0 Å². The maximum Gasteiger partial charge on any atom is 0.357 e. The predicted molar refractivity (Wildman–Crippen MR) is 55.5 cm³/mol. The van der Waals surface area contributed by atoms with Crippen molar-refractivity contribution in [3.05, 3.63) is 29.8 Å². The fraction of sp³-hybridized carbons (Fsp3) is 0.250. The van der Waals surface area contributed by atoms with Gasteiger partial charge in [-0.25, -0.2) is 0 Å². The molecule has 0 amide bonds. The molecule has 1 atom stereocenters. The lowest BCUT2D eigenvalue weighted by molar-refractivity contribution is 0.183. The van der Waals surface area contributed by atoms with Crippen LogP contribution in [0.25, 0.3) is 0 Å². The molecule has 0 heterocycles. The summed E-state index contributed by atoms with van der Waals surface area (Å²) in [6.07, 6.45) is -0.656. The molecule has 1 rings (SSSR count). The van der Waals surface area contributed by atoms with Crippen molar-refractivity contribution in [2.75, 3.05) is 4.72 Å². The molecule has 1 aromatic rings. The quantitative estimate of drug-likeness (QED) is 0.421. The van der Waals surface area contributed by atoms with Crippen LogP contribution >= 0.6 is 0 Å². The summed E-state index contributed by atoms with van der Waals surface area (Å²) in [6, 6.07) is 6.13. The lowest BCUT2D eigenvalue weighted by atomic mass is 10.1. The van der Waals surface area contributed by atoms with E-state index in [0.717, 1.165) is 5.56 Å². The fourth-order valence-electron chi connectivity index (χ4n) is 1.10. The van der Waals surface area contributed by atoms with Crippen molar-refractivity contribution in [1.82, 2.24) is 0 Å². The van der Waals surface area contributed by atoms with Crippen LogP contribution in [-0.2, 0) is 16.7 Å². The summed E-state index contributed by atoms with van der Waals surface area (Å²) < 4.78 is 31.3. The third-order valence-corrected chi connectivity index (χ3v) is 2.14. The zero-order valence-electron chi connectivity index (χ0n) is 7.79. The first-order chi connectivity index (χ1) is 6.87. The first-order valence-corrected chi connectivity index (χ1v) is 5.58. The van der Waals surface area contributed by atoms with Crippen molar-refractivity contribution in [3.63, 3.8) is 0 Å². The highest BCUT2D eigenvalue weighted by atomic mass is 32.2. The molecule has 0 aliphatic rings. The Morgan fingerprint density at radius 1 is 1.33 bits per heavy atom. The predicted octanol–water partition coefficient (Wildman–Crippen LogP) is -0.279. The standard InChI is InChI=1S/C8H12N2O4S/c9-8(11)5-6-1-3-7(4-2-6)10-15(12,13)14/h1-4,8,10-11H,5,9H2,(H,12,13,14). The second-order valence-electron chi connectivity index (χ2n) is 3.05. The molecule has 1 aromatic carbocycles. The largest absolute Gasteiger partial charge is 0.378 e. The fourth-order valence-corrected chi connectivity index (χ4v) is 1.53. The third kappa shape index (κ3) is 4.75. The SMILES string of the molecule is NC(O)Cc1ccc(NS(=O)(=O)O)cc1. The van der Waals surface area contributed by atoms with Gasteiger partial charge in [-0.2, -0.15) is 8.42 Å². The molecular weight excluding hydrogens is 220 g/mol. The van der Waals surface area contributed by atoms with Crippen LogP contribution in [0.5, 0.6) is 0 Å². The van der Waals surface area contributed by atoms with Gasteiger partial charge in [0.15, 0.2) is 0 Å². The van der Waals surface area contributed by atoms with Crippen molar-refractivity contribution in [2.24, 2.45) is 5.73 Å². The van der Waals surface area contributed by atoms with Gasteiger partial charge in [-0.05, 0) is 17.7 Å². The molecule has 1 unspecified atom stereocenters. The molecule has 0 radical (unpaired) electrons. The highest BCUT2D eigenvalue weighted by Gasteiger charge is 2.04. The van der Waals surface area contributed by atoms with E-state index in [-0.39, 0.29) is 12.1 Å². The molecule has 0 bridgehead atoms. The summed E-state index contributed by atoms with van der Waals surface area (Å²) in [4.78, 5) is 0. The van der Waals surface area contributed by atoms with Crippen molar-refractivity contribution in [3.8, 4) is 0 Å². The smallest absolute Gasteiger partial charge is 0.357 e. The lowest BCUT2D eigenvalue weighted by Gasteiger charge is -2.06. The summed E-state index contributed by atoms with van der Waals surface area (Å²) in [6.45, 7) is 0. The number of anilines is 1. The Bertz CT molecular complexity index is 413. The molecule has 7 heteroatoms. The molecule has 0 aromatic heterocycles. The van der Waals surface area contributed by atoms with Gasteiger partial charge in [-0.1, -0.05) is 12.1 Å². The first kappa shape index (κ1) is 11.9. The van der Waals surface area contributed by atoms with E-state index in [1.165, 1.54) is 12.1 Å². The molecule has 15 heavy (non-hydrogen) atoms. The second kappa shape index (κ2) is 4.58. The van der Waals surface area contributed by atoms with E-state index in [4.69, 9.17) is 15.4 Å². The number of nitrogens with one attached hydrogen (secondary N) is 1. The van der Waals surface area contributed by atoms with Gasteiger partial charge in [0.05, 0.1) is 5.69 Å². The Morgan fingerprint density at radius 3 is 2.27 bits per heavy atom. The molecule has 0 spiro atoms. The molecule has 6 nitrogen and oxygen atoms in total. The molecule has 0 saturated heterocycles. The van der Waals surface area contributed by atoms with Crippen LogP contribution in [-0.4, -0.2) is 24.3 Å². The maximum absolute atomic E-state index is 10.4. The van der Waals surface area contributed by atoms with Crippen LogP contribution in [0.1, 0.15) is 5.56 Å². The van der Waals surface area contributed by atoms with Crippen LogP contribution in [0.3, 0.4) is 0 Å². The second-order valence-corrected chi connectivity index (χ2v) is 4.20. The van der Waals surface area contributed by atoms with Crippen LogP contribution < -0.4 is 10.5 Å². The topological polar surface area (TPSA) is 113 Å². The molecule has 0 aliphatic heterocycles. The zero-order chi connectivity index (χ0) is 11.5. The van der Waals surface area contributed by atoms with Crippen LogP contribution in [0.2, 0.25) is 0 Å². The van der Waals surface area contributed by atoms with E-state index in [2.05, 4.69) is 0 Å². The number of hydrogen-bond acceptors (Lipinski definition) is 4. The van der Waals surface area contributed by atoms with Crippen LogP contribution in [0.15, 0.2) is 24.3 Å². The molecule has 0 fully saturated rings. The highest BCUT2D eigenvalue weighted by molar-refractivity contribution is 7.87. The van der Waals surface area contributed by atoms with E-state index in [0.29, 0.717) is 0 Å². The van der Waals surface area contributed by atoms with E-state index >= 15 is 0 Å². The third-order valence-electron chi connectivity index (χ3n) is 1.65. The Morgan fingerprint density at radius 2 is 1.87 bits per heavy atom.